The third-order valence-electron chi connectivity index (χ3n) is 8.09. The summed E-state index contributed by atoms with van der Waals surface area (Å²) >= 11 is 1.33. The zero-order valence-corrected chi connectivity index (χ0v) is 34.9. The fourth-order valence-electron chi connectivity index (χ4n) is 5.07. The van der Waals surface area contributed by atoms with E-state index >= 15 is 0 Å². The molecule has 3 amide bonds. The lowest BCUT2D eigenvalue weighted by atomic mass is 9.87. The fraction of sp³-hybridized carbons (Fsp3) is 0.714. The Kier molecular flexibility index (Phi) is 19.1. The summed E-state index contributed by atoms with van der Waals surface area (Å²) in [6.45, 7) is 1.82. The maximum atomic E-state index is 12.6. The Bertz CT molecular complexity index is 1840. The second kappa shape index (κ2) is 22.2. The van der Waals surface area contributed by atoms with Crippen molar-refractivity contribution in [2.24, 2.45) is 11.1 Å². The normalized spacial score (nSPS) is 21.3. The quantitative estimate of drug-likeness (QED) is 0.0373. The first kappa shape index (κ1) is 49.7. The number of aliphatic hydroxyl groups excluding tert-OH is 2. The molecule has 0 aliphatic carbocycles. The molecule has 1 aliphatic rings. The minimum atomic E-state index is -5.53. The summed E-state index contributed by atoms with van der Waals surface area (Å²) in [5, 5.41) is 29.2. The number of ether oxygens (including phenoxy) is 1. The van der Waals surface area contributed by atoms with Crippen LogP contribution >= 0.6 is 35.2 Å². The highest BCUT2D eigenvalue weighted by Crippen LogP contribution is 2.61. The number of nitrogens with two attached hydrogens (primary N) is 2. The monoisotopic (exact) mass is 909 g/mol. The van der Waals surface area contributed by atoms with Gasteiger partial charge in [-0.05, 0) is 19.4 Å². The van der Waals surface area contributed by atoms with E-state index in [-0.39, 0.29) is 48.2 Å². The summed E-state index contributed by atoms with van der Waals surface area (Å²) in [5.74, 6) is -0.853. The van der Waals surface area contributed by atoms with Gasteiger partial charge in [0.05, 0.1) is 25.3 Å². The van der Waals surface area contributed by atoms with Gasteiger partial charge in [-0.1, -0.05) is 20.3 Å². The molecule has 13 N–H and O–H groups in total. The Hall–Kier alpha value is -2.68. The Morgan fingerprint density at radius 1 is 0.983 bits per heavy atom. The summed E-state index contributed by atoms with van der Waals surface area (Å²) in [5.41, 5.74) is 9.65. The van der Waals surface area contributed by atoms with Crippen LogP contribution in [0.4, 0.5) is 5.82 Å². The first-order valence-electron chi connectivity index (χ1n) is 17.5. The lowest BCUT2D eigenvalue weighted by Crippen LogP contribution is -2.46. The number of nitrogens with one attached hydrogen (secondary N) is 3. The number of nitrogen functional groups attached to an aromatic ring is 1. The number of phosphoric ester groups is 3. The number of carbonyl (C=O) groups excluding carboxylic acids is 3. The lowest BCUT2D eigenvalue weighted by Gasteiger charge is -2.30. The number of amides is 3. The van der Waals surface area contributed by atoms with Crippen LogP contribution in [0, 0.1) is 5.41 Å². The predicted molar refractivity (Wildman–Crippen MR) is 203 cm³/mol. The maximum absolute atomic E-state index is 12.6. The largest absolute Gasteiger partial charge is 0.481 e. The number of aliphatic hydroxyl groups is 2. The average Bonchev–Trinajstić information content (AvgIpc) is 3.69. The standard InChI is InChI=1S/C28H50N9O17P3S/c1-28(2,23(41)26(42)33-9-6-18(38)32-10-11-58-13-19(39)31-8-5-3-4-7-29)14-51-57(48,49)54-56(46,47)50-12-17-21(40)22(53-55(43,44)45)27(52-17)37-16-36-20-24(30)34-15-35-25(20)37/h15-17,21-23,27,40-41H,3-14,29H2,1-2H3,(H,31,39)(H,32,38)(H,33,42)(H,46,47)(H,48,49)(H2,30,34,35)(H2,43,44,45)/t17-,21-,22-,23+,27-/m1/s1. The van der Waals surface area contributed by atoms with E-state index in [0.717, 1.165) is 36.5 Å². The van der Waals surface area contributed by atoms with Crippen molar-refractivity contribution in [2.45, 2.75) is 70.2 Å². The van der Waals surface area contributed by atoms with Crippen LogP contribution in [0.15, 0.2) is 12.7 Å². The van der Waals surface area contributed by atoms with Crippen LogP contribution in [0.1, 0.15) is 45.8 Å². The topological polar surface area (TPSA) is 402 Å². The van der Waals surface area contributed by atoms with Crippen molar-refractivity contribution in [3.8, 4) is 0 Å². The second-order valence-corrected chi connectivity index (χ2v) is 18.7. The molecule has 1 saturated heterocycles. The van der Waals surface area contributed by atoms with E-state index in [1.54, 1.807) is 0 Å². The van der Waals surface area contributed by atoms with Crippen LogP contribution in [0.3, 0.4) is 0 Å². The highest BCUT2D eigenvalue weighted by molar-refractivity contribution is 7.99. The number of phosphoric acid groups is 3. The van der Waals surface area contributed by atoms with E-state index in [1.807, 2.05) is 0 Å². The summed E-state index contributed by atoms with van der Waals surface area (Å²) in [6.07, 6.45) is -4.25. The third kappa shape index (κ3) is 16.1. The van der Waals surface area contributed by atoms with Crippen LogP contribution in [0.25, 0.3) is 11.2 Å². The molecule has 30 heteroatoms. The van der Waals surface area contributed by atoms with Gasteiger partial charge in [0.15, 0.2) is 17.7 Å². The Morgan fingerprint density at radius 3 is 2.36 bits per heavy atom. The van der Waals surface area contributed by atoms with Gasteiger partial charge in [0.2, 0.25) is 17.7 Å². The van der Waals surface area contributed by atoms with Crippen LogP contribution in [-0.2, 0) is 50.7 Å². The second-order valence-electron chi connectivity index (χ2n) is 13.3. The van der Waals surface area contributed by atoms with Crippen molar-refractivity contribution < 1.29 is 80.5 Å². The average molecular weight is 910 g/mol. The van der Waals surface area contributed by atoms with Gasteiger partial charge >= 0.3 is 23.5 Å². The van der Waals surface area contributed by atoms with Crippen molar-refractivity contribution in [1.29, 1.82) is 0 Å². The van der Waals surface area contributed by atoms with Crippen LogP contribution < -0.4 is 27.4 Å². The van der Waals surface area contributed by atoms with E-state index in [0.29, 0.717) is 18.8 Å². The number of unbranched alkanes of at least 4 members (excludes halogenated alkanes) is 2. The summed E-state index contributed by atoms with van der Waals surface area (Å²) in [6, 6.07) is 0. The number of nitrogens with zero attached hydrogens (tertiary/aromatic N) is 4. The van der Waals surface area contributed by atoms with Crippen molar-refractivity contribution in [3.63, 3.8) is 0 Å². The minimum Gasteiger partial charge on any atom is -0.387 e. The number of hydrogen-bond acceptors (Lipinski definition) is 19. The van der Waals surface area contributed by atoms with E-state index in [1.165, 1.54) is 25.6 Å². The Balaban J connectivity index is 1.42. The molecule has 0 aromatic carbocycles. The molecule has 330 valence electrons. The molecule has 2 unspecified atom stereocenters. The van der Waals surface area contributed by atoms with Crippen molar-refractivity contribution in [2.75, 3.05) is 56.6 Å². The molecule has 58 heavy (non-hydrogen) atoms. The number of carbonyl (C=O) groups is 3. The van der Waals surface area contributed by atoms with Gasteiger partial charge in [-0.15, -0.1) is 0 Å². The molecule has 26 nitrogen and oxygen atoms in total. The molecule has 1 aliphatic heterocycles. The van der Waals surface area contributed by atoms with Gasteiger partial charge in [-0.3, -0.25) is 32.5 Å². The number of rotatable bonds is 26. The minimum absolute atomic E-state index is 0.000127. The number of imidazole rings is 1. The molecule has 1 fully saturated rings. The first-order valence-corrected chi connectivity index (χ1v) is 23.2. The molecule has 0 saturated carbocycles. The molecule has 3 rings (SSSR count). The number of thioether (sulfide) groups is 1. The Morgan fingerprint density at radius 2 is 1.67 bits per heavy atom. The van der Waals surface area contributed by atoms with Gasteiger partial charge in [-0.2, -0.15) is 16.1 Å². The number of hydrogen-bond donors (Lipinski definition) is 11. The molecular weight excluding hydrogens is 859 g/mol. The highest BCUT2D eigenvalue weighted by Gasteiger charge is 2.50. The molecule has 0 spiro atoms. The maximum Gasteiger partial charge on any atom is 0.481 e. The van der Waals surface area contributed by atoms with Gasteiger partial charge in [0.25, 0.3) is 0 Å². The fourth-order valence-corrected chi connectivity index (χ4v) is 8.55. The molecule has 2 aromatic heterocycles. The molecule has 7 atom stereocenters. The lowest BCUT2D eigenvalue weighted by molar-refractivity contribution is -0.137. The van der Waals surface area contributed by atoms with Gasteiger partial charge < -0.3 is 61.9 Å². The predicted octanol–water partition coefficient (Wildman–Crippen LogP) is -1.62. The smallest absolute Gasteiger partial charge is 0.387 e. The number of anilines is 1. The SMILES string of the molecule is CC(C)(COP(=O)(O)OP(=O)(O)OC[C@H]1O[C@@H](n2cnc3c(N)ncnc32)[C@H](OP(=O)(O)O)[C@@H]1O)[C@@H](O)C(=O)NCCC(=O)NCCSCC(=O)NCCCCCN. The van der Waals surface area contributed by atoms with E-state index in [4.69, 9.17) is 29.8 Å². The highest BCUT2D eigenvalue weighted by atomic mass is 32.2. The van der Waals surface area contributed by atoms with Crippen LogP contribution in [-0.4, -0.2) is 142 Å². The van der Waals surface area contributed by atoms with Crippen LogP contribution in [0.5, 0.6) is 0 Å². The van der Waals surface area contributed by atoms with Gasteiger partial charge in [-0.25, -0.2) is 28.6 Å². The molecule has 3 heterocycles. The number of aromatic nitrogens is 4. The van der Waals surface area contributed by atoms with Crippen LogP contribution in [0.2, 0.25) is 0 Å². The summed E-state index contributed by atoms with van der Waals surface area (Å²) in [7, 11) is -16.3. The van der Waals surface area contributed by atoms with Crippen molar-refractivity contribution in [1.82, 2.24) is 35.5 Å². The number of fused-ring (bicyclic) bond motifs is 1. The van der Waals surface area contributed by atoms with Crippen molar-refractivity contribution in [3.05, 3.63) is 12.7 Å². The zero-order valence-electron chi connectivity index (χ0n) is 31.4. The van der Waals surface area contributed by atoms with E-state index in [2.05, 4.69) is 35.2 Å². The summed E-state index contributed by atoms with van der Waals surface area (Å²) in [4.78, 5) is 87.5. The summed E-state index contributed by atoms with van der Waals surface area (Å²) < 4.78 is 62.1. The van der Waals surface area contributed by atoms with Crippen molar-refractivity contribution >= 4 is 69.9 Å². The van der Waals surface area contributed by atoms with E-state index < -0.39 is 84.6 Å². The third-order valence-corrected chi connectivity index (χ3v) is 12.1. The van der Waals surface area contributed by atoms with Gasteiger partial charge in [0, 0.05) is 37.2 Å². The van der Waals surface area contributed by atoms with Gasteiger partial charge in [0.1, 0.15) is 36.3 Å². The first-order chi connectivity index (χ1) is 27.1. The zero-order chi connectivity index (χ0) is 43.3. The Labute approximate surface area is 335 Å². The molecular formula is C28H50N9O17P3S. The van der Waals surface area contributed by atoms with E-state index in [9.17, 15) is 57.9 Å². The molecule has 2 aromatic rings. The molecule has 0 bridgehead atoms. The molecule has 0 radical (unpaired) electrons.